The van der Waals surface area contributed by atoms with Crippen molar-refractivity contribution in [1.29, 1.82) is 0 Å². The molecular formula is C14H21N7O4. The number of aromatic nitrogens is 4. The summed E-state index contributed by atoms with van der Waals surface area (Å²) in [4.78, 5) is 12.9. The van der Waals surface area contributed by atoms with Crippen molar-refractivity contribution >= 4 is 22.9 Å². The molecule has 136 valence electrons. The molecule has 1 aliphatic heterocycles. The van der Waals surface area contributed by atoms with Gasteiger partial charge in [0.2, 0.25) is 5.95 Å². The largest absolute Gasteiger partial charge is 0.394 e. The van der Waals surface area contributed by atoms with E-state index in [2.05, 4.69) is 25.7 Å². The minimum Gasteiger partial charge on any atom is -0.394 e. The highest BCUT2D eigenvalue weighted by Crippen LogP contribution is 2.33. The molecule has 4 atom stereocenters. The summed E-state index contributed by atoms with van der Waals surface area (Å²) in [5.41, 5.74) is 3.32. The van der Waals surface area contributed by atoms with E-state index in [0.717, 1.165) is 6.54 Å². The Bertz CT molecular complexity index is 765. The number of imidazole rings is 1. The van der Waals surface area contributed by atoms with E-state index in [4.69, 9.17) is 10.6 Å². The number of aliphatic hydroxyl groups is 3. The van der Waals surface area contributed by atoms with Gasteiger partial charge in [0.15, 0.2) is 23.2 Å². The number of nitrogens with two attached hydrogens (primary N) is 1. The summed E-state index contributed by atoms with van der Waals surface area (Å²) >= 11 is 0. The molecular weight excluding hydrogens is 330 g/mol. The molecule has 0 radical (unpaired) electrons. The van der Waals surface area contributed by atoms with Crippen LogP contribution >= 0.6 is 0 Å². The van der Waals surface area contributed by atoms with Gasteiger partial charge in [-0.1, -0.05) is 0 Å². The minimum atomic E-state index is -1.22. The summed E-state index contributed by atoms with van der Waals surface area (Å²) in [6.45, 7) is 0.386. The Balaban J connectivity index is 1.71. The smallest absolute Gasteiger partial charge is 0.241 e. The maximum Gasteiger partial charge on any atom is 0.241 e. The molecule has 2 aromatic rings. The molecule has 2 aromatic heterocycles. The molecule has 0 bridgehead atoms. The van der Waals surface area contributed by atoms with E-state index in [9.17, 15) is 15.3 Å². The second-order valence-corrected chi connectivity index (χ2v) is 6.42. The zero-order chi connectivity index (χ0) is 17.6. The van der Waals surface area contributed by atoms with Gasteiger partial charge in [-0.3, -0.25) is 9.99 Å². The lowest BCUT2D eigenvalue weighted by molar-refractivity contribution is -0.0511. The third kappa shape index (κ3) is 2.89. The standard InChI is InChI=1S/C14H21N7O4/c15-20-14-18-11(16-3-6-1-2-6)8-12(19-14)21(5-17-8)13-10(24)9(23)7(4-22)25-13/h5-7,9-10,13,22-24H,1-4,15H2,(H2,16,18,19,20)/t7-,9?,10-,13?/m1/s1. The van der Waals surface area contributed by atoms with Crippen LogP contribution in [0.1, 0.15) is 19.1 Å². The lowest BCUT2D eigenvalue weighted by Gasteiger charge is -2.17. The Morgan fingerprint density at radius 2 is 2.08 bits per heavy atom. The fraction of sp³-hybridized carbons (Fsp3) is 0.643. The topological polar surface area (TPSA) is 164 Å². The van der Waals surface area contributed by atoms with E-state index in [1.54, 1.807) is 0 Å². The molecule has 1 aliphatic carbocycles. The van der Waals surface area contributed by atoms with E-state index in [0.29, 0.717) is 22.9 Å². The van der Waals surface area contributed by atoms with Crippen LogP contribution in [0, 0.1) is 5.92 Å². The number of rotatable bonds is 6. The monoisotopic (exact) mass is 351 g/mol. The predicted molar refractivity (Wildman–Crippen MR) is 87.4 cm³/mol. The first kappa shape index (κ1) is 16.4. The molecule has 3 heterocycles. The van der Waals surface area contributed by atoms with Crippen molar-refractivity contribution in [2.24, 2.45) is 11.8 Å². The van der Waals surface area contributed by atoms with Crippen molar-refractivity contribution in [3.8, 4) is 0 Å². The van der Waals surface area contributed by atoms with Crippen LogP contribution in [0.4, 0.5) is 11.8 Å². The Kier molecular flexibility index (Phi) is 4.17. The van der Waals surface area contributed by atoms with Crippen LogP contribution in [-0.4, -0.2) is 66.3 Å². The zero-order valence-corrected chi connectivity index (χ0v) is 13.4. The summed E-state index contributed by atoms with van der Waals surface area (Å²) in [6.07, 6.45) is -0.369. The molecule has 1 saturated heterocycles. The Hall–Kier alpha value is -2.05. The molecule has 11 nitrogen and oxygen atoms in total. The van der Waals surface area contributed by atoms with Crippen molar-refractivity contribution in [3.05, 3.63) is 6.33 Å². The number of nitrogen functional groups attached to an aromatic ring is 1. The van der Waals surface area contributed by atoms with E-state index < -0.39 is 31.1 Å². The fourth-order valence-corrected chi connectivity index (χ4v) is 2.96. The number of anilines is 2. The second-order valence-electron chi connectivity index (χ2n) is 6.42. The molecule has 2 aliphatic rings. The van der Waals surface area contributed by atoms with Crippen LogP contribution < -0.4 is 16.6 Å². The molecule has 7 N–H and O–H groups in total. The first-order chi connectivity index (χ1) is 12.1. The molecule has 2 fully saturated rings. The molecule has 2 unspecified atom stereocenters. The van der Waals surface area contributed by atoms with Gasteiger partial charge < -0.3 is 25.4 Å². The molecule has 25 heavy (non-hydrogen) atoms. The van der Waals surface area contributed by atoms with Crippen molar-refractivity contribution in [2.45, 2.75) is 37.4 Å². The molecule has 11 heteroatoms. The number of fused-ring (bicyclic) bond motifs is 1. The van der Waals surface area contributed by atoms with Gasteiger partial charge in [-0.05, 0) is 18.8 Å². The highest BCUT2D eigenvalue weighted by molar-refractivity contribution is 5.84. The maximum atomic E-state index is 10.2. The lowest BCUT2D eigenvalue weighted by Crippen LogP contribution is -2.33. The van der Waals surface area contributed by atoms with E-state index in [1.807, 2.05) is 0 Å². The van der Waals surface area contributed by atoms with Gasteiger partial charge in [0.1, 0.15) is 18.3 Å². The summed E-state index contributed by atoms with van der Waals surface area (Å²) in [5.74, 6) is 6.83. The van der Waals surface area contributed by atoms with Crippen LogP contribution in [-0.2, 0) is 4.74 Å². The molecule has 0 aromatic carbocycles. The van der Waals surface area contributed by atoms with Gasteiger partial charge in [-0.2, -0.15) is 9.97 Å². The molecule has 4 rings (SSSR count). The third-order valence-corrected chi connectivity index (χ3v) is 4.60. The first-order valence-electron chi connectivity index (χ1n) is 8.20. The quantitative estimate of drug-likeness (QED) is 0.268. The summed E-state index contributed by atoms with van der Waals surface area (Å²) in [6, 6.07) is 0. The number of hydrogen-bond donors (Lipinski definition) is 6. The molecule has 0 spiro atoms. The minimum absolute atomic E-state index is 0.194. The Labute approximate surface area is 142 Å². The summed E-state index contributed by atoms with van der Waals surface area (Å²) in [7, 11) is 0. The summed E-state index contributed by atoms with van der Waals surface area (Å²) < 4.78 is 7.05. The maximum absolute atomic E-state index is 10.2. The summed E-state index contributed by atoms with van der Waals surface area (Å²) in [5, 5.41) is 32.7. The van der Waals surface area contributed by atoms with Gasteiger partial charge >= 0.3 is 0 Å². The van der Waals surface area contributed by atoms with Crippen molar-refractivity contribution in [1.82, 2.24) is 19.5 Å². The number of aliphatic hydroxyl groups excluding tert-OH is 3. The van der Waals surface area contributed by atoms with E-state index in [1.165, 1.54) is 23.7 Å². The van der Waals surface area contributed by atoms with Gasteiger partial charge in [0.05, 0.1) is 12.9 Å². The van der Waals surface area contributed by atoms with Gasteiger partial charge in [0.25, 0.3) is 0 Å². The van der Waals surface area contributed by atoms with Gasteiger partial charge in [0, 0.05) is 6.54 Å². The molecule has 0 amide bonds. The lowest BCUT2D eigenvalue weighted by atomic mass is 10.1. The normalized spacial score (nSPS) is 29.3. The van der Waals surface area contributed by atoms with Crippen LogP contribution in [0.5, 0.6) is 0 Å². The number of ether oxygens (including phenoxy) is 1. The van der Waals surface area contributed by atoms with Gasteiger partial charge in [-0.25, -0.2) is 10.8 Å². The number of hydrogen-bond acceptors (Lipinski definition) is 10. The van der Waals surface area contributed by atoms with Crippen molar-refractivity contribution < 1.29 is 20.1 Å². The van der Waals surface area contributed by atoms with Gasteiger partial charge in [-0.15, -0.1) is 0 Å². The second kappa shape index (κ2) is 6.35. The van der Waals surface area contributed by atoms with Crippen LogP contribution in [0.25, 0.3) is 11.2 Å². The first-order valence-corrected chi connectivity index (χ1v) is 8.20. The highest BCUT2D eigenvalue weighted by atomic mass is 16.6. The number of nitrogens with zero attached hydrogens (tertiary/aromatic N) is 4. The van der Waals surface area contributed by atoms with E-state index >= 15 is 0 Å². The van der Waals surface area contributed by atoms with Crippen LogP contribution in [0.15, 0.2) is 6.33 Å². The SMILES string of the molecule is NNc1nc(NCC2CC2)c2ncn(C3O[C@H](CO)C(O)[C@H]3O)c2n1. The molecule has 1 saturated carbocycles. The fourth-order valence-electron chi connectivity index (χ4n) is 2.96. The van der Waals surface area contributed by atoms with Crippen molar-refractivity contribution in [2.75, 3.05) is 23.9 Å². The highest BCUT2D eigenvalue weighted by Gasteiger charge is 2.44. The number of hydrazine groups is 1. The average molecular weight is 351 g/mol. The zero-order valence-electron chi connectivity index (χ0n) is 13.4. The van der Waals surface area contributed by atoms with E-state index in [-0.39, 0.29) is 5.95 Å². The average Bonchev–Trinajstić information content (AvgIpc) is 3.30. The van der Waals surface area contributed by atoms with Crippen LogP contribution in [0.2, 0.25) is 0 Å². The van der Waals surface area contributed by atoms with Crippen LogP contribution in [0.3, 0.4) is 0 Å². The van der Waals surface area contributed by atoms with Crippen molar-refractivity contribution in [3.63, 3.8) is 0 Å². The Morgan fingerprint density at radius 1 is 1.28 bits per heavy atom. The Morgan fingerprint density at radius 3 is 2.72 bits per heavy atom. The predicted octanol–water partition coefficient (Wildman–Crippen LogP) is -1.45. The third-order valence-electron chi connectivity index (χ3n) is 4.60. The number of nitrogens with one attached hydrogen (secondary N) is 2.